The molecule has 174 valence electrons. The maximum absolute atomic E-state index is 12.7. The highest BCUT2D eigenvalue weighted by atomic mass is 16.5. The van der Waals surface area contributed by atoms with E-state index in [4.69, 9.17) is 4.74 Å². The molecule has 2 aromatic heterocycles. The monoisotopic (exact) mass is 434 g/mol. The minimum absolute atomic E-state index is 0.132. The number of aryl methyl sites for hydroxylation is 2. The van der Waals surface area contributed by atoms with Crippen LogP contribution >= 0.6 is 0 Å². The second kappa shape index (κ2) is 12.5. The molecule has 0 radical (unpaired) electrons. The average molecular weight is 435 g/mol. The van der Waals surface area contributed by atoms with Crippen molar-refractivity contribution in [2.75, 3.05) is 0 Å². The summed E-state index contributed by atoms with van der Waals surface area (Å²) in [6.45, 7) is 4.44. The first-order valence-corrected chi connectivity index (χ1v) is 11.7. The molecule has 0 N–H and O–H groups in total. The van der Waals surface area contributed by atoms with Crippen molar-refractivity contribution in [3.8, 4) is 0 Å². The topological polar surface area (TPSA) is 88.1 Å². The van der Waals surface area contributed by atoms with Gasteiger partial charge in [-0.3, -0.25) is 18.7 Å². The van der Waals surface area contributed by atoms with E-state index in [-0.39, 0.29) is 23.3 Å². The van der Waals surface area contributed by atoms with E-state index in [2.05, 4.69) is 11.9 Å². The number of aromatic nitrogens is 4. The fourth-order valence-corrected chi connectivity index (χ4v) is 3.86. The number of imidazole rings is 1. The maximum atomic E-state index is 12.7. The van der Waals surface area contributed by atoms with Crippen molar-refractivity contribution in [2.24, 2.45) is 14.1 Å². The molecule has 2 heterocycles. The summed E-state index contributed by atoms with van der Waals surface area (Å²) < 4.78 is 9.80. The Morgan fingerprint density at radius 2 is 1.71 bits per heavy atom. The van der Waals surface area contributed by atoms with Crippen LogP contribution in [0.15, 0.2) is 15.9 Å². The molecule has 0 saturated carbocycles. The van der Waals surface area contributed by atoms with Crippen LogP contribution < -0.4 is 11.2 Å². The van der Waals surface area contributed by atoms with Gasteiger partial charge in [-0.25, -0.2) is 9.78 Å². The van der Waals surface area contributed by atoms with Crippen LogP contribution in [-0.4, -0.2) is 30.8 Å². The quantitative estimate of drug-likeness (QED) is 0.334. The van der Waals surface area contributed by atoms with E-state index in [0.29, 0.717) is 37.0 Å². The van der Waals surface area contributed by atoms with Gasteiger partial charge in [-0.05, 0) is 32.6 Å². The third-order valence-electron chi connectivity index (χ3n) is 5.76. The molecule has 0 amide bonds. The minimum atomic E-state index is -0.356. The van der Waals surface area contributed by atoms with Crippen molar-refractivity contribution >= 4 is 17.1 Å². The van der Waals surface area contributed by atoms with E-state index >= 15 is 0 Å². The Labute approximate surface area is 184 Å². The summed E-state index contributed by atoms with van der Waals surface area (Å²) in [5.41, 5.74) is 0.155. The van der Waals surface area contributed by atoms with Crippen LogP contribution in [0.4, 0.5) is 0 Å². The zero-order valence-corrected chi connectivity index (χ0v) is 19.6. The number of carbonyl (C=O) groups is 1. The van der Waals surface area contributed by atoms with Crippen molar-refractivity contribution in [3.05, 3.63) is 27.2 Å². The van der Waals surface area contributed by atoms with Gasteiger partial charge in [-0.1, -0.05) is 45.4 Å². The number of rotatable bonds is 14. The van der Waals surface area contributed by atoms with Gasteiger partial charge < -0.3 is 9.30 Å². The van der Waals surface area contributed by atoms with Gasteiger partial charge in [-0.2, -0.15) is 0 Å². The van der Waals surface area contributed by atoms with Crippen LogP contribution in [0, 0.1) is 0 Å². The highest BCUT2D eigenvalue weighted by molar-refractivity contribution is 5.70. The highest BCUT2D eigenvalue weighted by Gasteiger charge is 2.15. The third-order valence-corrected chi connectivity index (χ3v) is 5.76. The van der Waals surface area contributed by atoms with Gasteiger partial charge in [0.15, 0.2) is 11.2 Å². The number of nitrogens with zero attached hydrogens (tertiary/aromatic N) is 4. The lowest BCUT2D eigenvalue weighted by molar-refractivity contribution is -0.148. The Bertz CT molecular complexity index is 957. The van der Waals surface area contributed by atoms with Crippen LogP contribution in [0.1, 0.15) is 84.5 Å². The Kier molecular flexibility index (Phi) is 10.0. The van der Waals surface area contributed by atoms with Crippen LogP contribution in [0.2, 0.25) is 0 Å². The number of hydrogen-bond donors (Lipinski definition) is 0. The van der Waals surface area contributed by atoms with E-state index in [0.717, 1.165) is 19.3 Å². The Hall–Kier alpha value is -2.38. The van der Waals surface area contributed by atoms with Gasteiger partial charge in [0.1, 0.15) is 0 Å². The molecule has 0 aliphatic heterocycles. The summed E-state index contributed by atoms with van der Waals surface area (Å²) in [5.74, 6) is -0.132. The number of unbranched alkanes of at least 4 members (excludes halogenated alkanes) is 7. The van der Waals surface area contributed by atoms with E-state index in [9.17, 15) is 14.4 Å². The number of fused-ring (bicyclic) bond motifs is 1. The fourth-order valence-electron chi connectivity index (χ4n) is 3.86. The second-order valence-corrected chi connectivity index (χ2v) is 8.49. The lowest BCUT2D eigenvalue weighted by Gasteiger charge is -2.13. The first-order valence-electron chi connectivity index (χ1n) is 11.7. The summed E-state index contributed by atoms with van der Waals surface area (Å²) >= 11 is 0. The van der Waals surface area contributed by atoms with Gasteiger partial charge in [-0.15, -0.1) is 0 Å². The molecule has 0 aliphatic carbocycles. The molecule has 0 saturated heterocycles. The molecule has 0 fully saturated rings. The number of esters is 1. The molecule has 31 heavy (non-hydrogen) atoms. The molecule has 0 aromatic carbocycles. The van der Waals surface area contributed by atoms with E-state index in [1.165, 1.54) is 41.2 Å². The molecule has 1 atom stereocenters. The molecular formula is C23H38N4O4. The lowest BCUT2D eigenvalue weighted by Crippen LogP contribution is -2.39. The molecule has 8 heteroatoms. The minimum Gasteiger partial charge on any atom is -0.463 e. The first kappa shape index (κ1) is 24.9. The molecule has 2 aromatic rings. The van der Waals surface area contributed by atoms with E-state index in [1.807, 2.05) is 6.92 Å². The van der Waals surface area contributed by atoms with Crippen molar-refractivity contribution in [2.45, 2.75) is 97.1 Å². The van der Waals surface area contributed by atoms with Crippen LogP contribution in [-0.2, 0) is 30.2 Å². The first-order chi connectivity index (χ1) is 14.9. The Balaban J connectivity index is 1.71. The van der Waals surface area contributed by atoms with Crippen LogP contribution in [0.5, 0.6) is 0 Å². The number of carbonyl (C=O) groups excluding carboxylic acids is 1. The second-order valence-electron chi connectivity index (χ2n) is 8.49. The fraction of sp³-hybridized carbons (Fsp3) is 0.739. The van der Waals surface area contributed by atoms with Gasteiger partial charge in [0.25, 0.3) is 5.56 Å². The average Bonchev–Trinajstić information content (AvgIpc) is 3.12. The molecule has 0 bridgehead atoms. The molecule has 0 aliphatic rings. The summed E-state index contributed by atoms with van der Waals surface area (Å²) in [4.78, 5) is 41.3. The Morgan fingerprint density at radius 1 is 1.03 bits per heavy atom. The predicted octanol–water partition coefficient (Wildman–Crippen LogP) is 3.68. The van der Waals surface area contributed by atoms with Gasteiger partial charge in [0.2, 0.25) is 0 Å². The van der Waals surface area contributed by atoms with E-state index in [1.54, 1.807) is 25.0 Å². The number of ether oxygens (including phenoxy) is 1. The third kappa shape index (κ3) is 7.08. The van der Waals surface area contributed by atoms with Crippen molar-refractivity contribution in [1.82, 2.24) is 18.7 Å². The lowest BCUT2D eigenvalue weighted by atomic mass is 10.1. The highest BCUT2D eigenvalue weighted by Crippen LogP contribution is 2.11. The summed E-state index contributed by atoms with van der Waals surface area (Å²) in [6, 6.07) is 0. The number of hydrogen-bond acceptors (Lipinski definition) is 5. The molecule has 8 nitrogen and oxygen atoms in total. The summed E-state index contributed by atoms with van der Waals surface area (Å²) in [6.07, 6.45) is 12.2. The van der Waals surface area contributed by atoms with Gasteiger partial charge >= 0.3 is 11.7 Å². The zero-order valence-electron chi connectivity index (χ0n) is 19.6. The molecule has 2 rings (SSSR count). The largest absolute Gasteiger partial charge is 0.463 e. The Morgan fingerprint density at radius 3 is 2.42 bits per heavy atom. The van der Waals surface area contributed by atoms with Gasteiger partial charge in [0.05, 0.1) is 12.4 Å². The summed E-state index contributed by atoms with van der Waals surface area (Å²) in [5, 5.41) is 0. The molecular weight excluding hydrogens is 396 g/mol. The smallest absolute Gasteiger partial charge is 0.332 e. The van der Waals surface area contributed by atoms with E-state index < -0.39 is 0 Å². The molecule has 0 spiro atoms. The molecule has 1 unspecified atom stereocenters. The summed E-state index contributed by atoms with van der Waals surface area (Å²) in [7, 11) is 3.37. The van der Waals surface area contributed by atoms with Crippen molar-refractivity contribution < 1.29 is 9.53 Å². The zero-order chi connectivity index (χ0) is 22.8. The van der Waals surface area contributed by atoms with Crippen molar-refractivity contribution in [3.63, 3.8) is 0 Å². The normalized spacial score (nSPS) is 12.4. The van der Waals surface area contributed by atoms with Crippen molar-refractivity contribution in [1.29, 1.82) is 0 Å². The predicted molar refractivity (Wildman–Crippen MR) is 122 cm³/mol. The van der Waals surface area contributed by atoms with Gasteiger partial charge in [0, 0.05) is 27.1 Å². The van der Waals surface area contributed by atoms with Crippen LogP contribution in [0.3, 0.4) is 0 Å². The SMILES string of the molecule is CCCCCCCCCC(=O)OC(C)CCCCn1c(=O)c2c(ncn2C)n(C)c1=O. The van der Waals surface area contributed by atoms with Crippen LogP contribution in [0.25, 0.3) is 11.2 Å². The standard InChI is InChI=1S/C23H38N4O4/c1-5-6-7-8-9-10-11-15-19(28)31-18(2)14-12-13-16-27-22(29)20-21(24-17-25(20)3)26(4)23(27)30/h17-18H,5-16H2,1-4H3. The maximum Gasteiger partial charge on any atom is 0.332 e.